The van der Waals surface area contributed by atoms with Crippen molar-refractivity contribution in [1.82, 2.24) is 15.3 Å². The van der Waals surface area contributed by atoms with Gasteiger partial charge in [0, 0.05) is 37.0 Å². The maximum absolute atomic E-state index is 13.0. The van der Waals surface area contributed by atoms with Gasteiger partial charge in [-0.05, 0) is 61.4 Å². The number of hydrogen-bond donors (Lipinski definition) is 1. The normalized spacial score (nSPS) is 18.4. The lowest BCUT2D eigenvalue weighted by Crippen LogP contribution is -2.41. The van der Waals surface area contributed by atoms with Crippen molar-refractivity contribution < 1.29 is 4.79 Å². The zero-order valence-corrected chi connectivity index (χ0v) is 19.0. The van der Waals surface area contributed by atoms with Crippen LogP contribution in [0.4, 0.5) is 5.82 Å². The van der Waals surface area contributed by atoms with E-state index in [1.807, 2.05) is 25.1 Å². The van der Waals surface area contributed by atoms with Crippen molar-refractivity contribution in [2.45, 2.75) is 38.6 Å². The van der Waals surface area contributed by atoms with Gasteiger partial charge in [0.05, 0.1) is 16.8 Å². The molecular weight excluding hydrogens is 420 g/mol. The summed E-state index contributed by atoms with van der Waals surface area (Å²) < 4.78 is 0. The third-order valence-corrected chi connectivity index (χ3v) is 7.05. The number of piperidine rings is 1. The van der Waals surface area contributed by atoms with Crippen molar-refractivity contribution in [3.05, 3.63) is 76.6 Å². The maximum Gasteiger partial charge on any atom is 0.223 e. The van der Waals surface area contributed by atoms with Crippen LogP contribution in [0.15, 0.2) is 54.9 Å². The molecule has 1 aliphatic carbocycles. The molecule has 1 aliphatic heterocycles. The van der Waals surface area contributed by atoms with E-state index in [1.165, 1.54) is 11.1 Å². The van der Waals surface area contributed by atoms with Gasteiger partial charge >= 0.3 is 0 Å². The molecule has 0 bridgehead atoms. The van der Waals surface area contributed by atoms with Crippen molar-refractivity contribution in [1.29, 1.82) is 0 Å². The average molecular weight is 447 g/mol. The Balaban J connectivity index is 1.24. The van der Waals surface area contributed by atoms with E-state index in [2.05, 4.69) is 44.5 Å². The van der Waals surface area contributed by atoms with Crippen molar-refractivity contribution in [3.63, 3.8) is 0 Å². The van der Waals surface area contributed by atoms with Gasteiger partial charge in [0.2, 0.25) is 5.91 Å². The van der Waals surface area contributed by atoms with Crippen molar-refractivity contribution in [3.8, 4) is 11.3 Å². The summed E-state index contributed by atoms with van der Waals surface area (Å²) in [6, 6.07) is 14.6. The second-order valence-corrected chi connectivity index (χ2v) is 9.16. The lowest BCUT2D eigenvalue weighted by Gasteiger charge is -2.33. The van der Waals surface area contributed by atoms with Crippen molar-refractivity contribution >= 4 is 23.3 Å². The topological polar surface area (TPSA) is 58.1 Å². The molecule has 0 radical (unpaired) electrons. The molecule has 3 heterocycles. The summed E-state index contributed by atoms with van der Waals surface area (Å²) in [7, 11) is 0. The second kappa shape index (κ2) is 8.91. The Kier molecular flexibility index (Phi) is 5.83. The minimum Gasteiger partial charge on any atom is -0.357 e. The van der Waals surface area contributed by atoms with Crippen molar-refractivity contribution in [2.24, 2.45) is 5.92 Å². The average Bonchev–Trinajstić information content (AvgIpc) is 3.23. The highest BCUT2D eigenvalue weighted by molar-refractivity contribution is 6.33. The Morgan fingerprint density at radius 2 is 1.91 bits per heavy atom. The number of anilines is 1. The van der Waals surface area contributed by atoms with Crippen LogP contribution in [0.3, 0.4) is 0 Å². The third kappa shape index (κ3) is 4.09. The molecule has 0 saturated carbocycles. The quantitative estimate of drug-likeness (QED) is 0.603. The molecule has 5 rings (SSSR count). The van der Waals surface area contributed by atoms with E-state index < -0.39 is 0 Å². The van der Waals surface area contributed by atoms with Gasteiger partial charge in [-0.25, -0.2) is 4.98 Å². The standard InChI is InChI=1S/C26H27ClN4O/c1-17-5-4-12-28-25(17)21-15-24(29-16-22(21)27)31-13-10-19(11-14-31)26(32)30-23-9-8-18-6-2-3-7-20(18)23/h2-7,12,15-16,19,23H,8-11,13-14H2,1H3,(H,30,32)/t23-/m0/s1. The van der Waals surface area contributed by atoms with Gasteiger partial charge in [-0.15, -0.1) is 0 Å². The molecule has 0 unspecified atom stereocenters. The van der Waals surface area contributed by atoms with Gasteiger partial charge in [-0.3, -0.25) is 9.78 Å². The Morgan fingerprint density at radius 1 is 1.09 bits per heavy atom. The highest BCUT2D eigenvalue weighted by atomic mass is 35.5. The predicted molar refractivity (Wildman–Crippen MR) is 128 cm³/mol. The van der Waals surface area contributed by atoms with E-state index >= 15 is 0 Å². The first-order valence-electron chi connectivity index (χ1n) is 11.3. The summed E-state index contributed by atoms with van der Waals surface area (Å²) in [6.07, 6.45) is 7.17. The fourth-order valence-electron chi connectivity index (χ4n) is 4.92. The number of benzene rings is 1. The monoisotopic (exact) mass is 446 g/mol. The zero-order chi connectivity index (χ0) is 22.1. The van der Waals surface area contributed by atoms with E-state index in [4.69, 9.17) is 11.6 Å². The molecule has 1 amide bonds. The molecule has 164 valence electrons. The van der Waals surface area contributed by atoms with Crippen molar-refractivity contribution in [2.75, 3.05) is 18.0 Å². The molecular formula is C26H27ClN4O. The van der Waals surface area contributed by atoms with Crippen LogP contribution in [0.5, 0.6) is 0 Å². The maximum atomic E-state index is 13.0. The van der Waals surface area contributed by atoms with Crippen LogP contribution in [0.25, 0.3) is 11.3 Å². The van der Waals surface area contributed by atoms with Gasteiger partial charge in [-0.2, -0.15) is 0 Å². The number of pyridine rings is 2. The number of nitrogens with zero attached hydrogens (tertiary/aromatic N) is 3. The summed E-state index contributed by atoms with van der Waals surface area (Å²) in [5.74, 6) is 1.11. The van der Waals surface area contributed by atoms with Crippen LogP contribution in [0.2, 0.25) is 5.02 Å². The van der Waals surface area contributed by atoms with Gasteiger partial charge < -0.3 is 10.2 Å². The van der Waals surface area contributed by atoms with E-state index in [0.29, 0.717) is 5.02 Å². The number of fused-ring (bicyclic) bond motifs is 1. The number of halogens is 1. The second-order valence-electron chi connectivity index (χ2n) is 8.75. The van der Waals surface area contributed by atoms with Gasteiger partial charge in [0.15, 0.2) is 0 Å². The predicted octanol–water partition coefficient (Wildman–Crippen LogP) is 5.13. The zero-order valence-electron chi connectivity index (χ0n) is 18.2. The first kappa shape index (κ1) is 21.0. The lowest BCUT2D eigenvalue weighted by atomic mass is 9.95. The molecule has 1 N–H and O–H groups in total. The van der Waals surface area contributed by atoms with Gasteiger partial charge in [0.25, 0.3) is 0 Å². The fourth-order valence-corrected chi connectivity index (χ4v) is 5.11. The van der Waals surface area contributed by atoms with Crippen LogP contribution in [0.1, 0.15) is 42.0 Å². The molecule has 2 aromatic heterocycles. The fraction of sp³-hybridized carbons (Fsp3) is 0.346. The number of hydrogen-bond acceptors (Lipinski definition) is 4. The molecule has 1 saturated heterocycles. The Bertz CT molecular complexity index is 1140. The molecule has 6 heteroatoms. The smallest absolute Gasteiger partial charge is 0.223 e. The molecule has 2 aliphatic rings. The summed E-state index contributed by atoms with van der Waals surface area (Å²) >= 11 is 6.45. The molecule has 0 spiro atoms. The lowest BCUT2D eigenvalue weighted by molar-refractivity contribution is -0.126. The summed E-state index contributed by atoms with van der Waals surface area (Å²) in [5.41, 5.74) is 5.50. The highest BCUT2D eigenvalue weighted by Crippen LogP contribution is 2.34. The van der Waals surface area contributed by atoms with Crippen LogP contribution >= 0.6 is 11.6 Å². The Morgan fingerprint density at radius 3 is 2.72 bits per heavy atom. The van der Waals surface area contributed by atoms with Crippen LogP contribution in [-0.4, -0.2) is 29.0 Å². The highest BCUT2D eigenvalue weighted by Gasteiger charge is 2.30. The van der Waals surface area contributed by atoms with Crippen LogP contribution in [-0.2, 0) is 11.2 Å². The number of carbonyl (C=O) groups is 1. The largest absolute Gasteiger partial charge is 0.357 e. The molecule has 1 fully saturated rings. The minimum absolute atomic E-state index is 0.0452. The van der Waals surface area contributed by atoms with E-state index in [0.717, 1.165) is 61.4 Å². The van der Waals surface area contributed by atoms with E-state index in [9.17, 15) is 4.79 Å². The third-order valence-electron chi connectivity index (χ3n) is 6.74. The molecule has 5 nitrogen and oxygen atoms in total. The first-order valence-corrected chi connectivity index (χ1v) is 11.7. The summed E-state index contributed by atoms with van der Waals surface area (Å²) in [4.78, 5) is 24.3. The van der Waals surface area contributed by atoms with Crippen LogP contribution < -0.4 is 10.2 Å². The number of rotatable bonds is 4. The Labute approximate surface area is 193 Å². The Hall–Kier alpha value is -2.92. The molecule has 1 atom stereocenters. The number of aryl methyl sites for hydroxylation is 2. The molecule has 32 heavy (non-hydrogen) atoms. The number of nitrogens with one attached hydrogen (secondary N) is 1. The van der Waals surface area contributed by atoms with E-state index in [-0.39, 0.29) is 17.9 Å². The number of aromatic nitrogens is 2. The van der Waals surface area contributed by atoms with Gasteiger partial charge in [0.1, 0.15) is 5.82 Å². The summed E-state index contributed by atoms with van der Waals surface area (Å²) in [6.45, 7) is 3.63. The summed E-state index contributed by atoms with van der Waals surface area (Å²) in [5, 5.41) is 3.90. The van der Waals surface area contributed by atoms with E-state index in [1.54, 1.807) is 12.4 Å². The molecule has 1 aromatic carbocycles. The SMILES string of the molecule is Cc1cccnc1-c1cc(N2CCC(C(=O)N[C@H]3CCc4ccccc43)CC2)ncc1Cl. The van der Waals surface area contributed by atoms with Crippen LogP contribution in [0, 0.1) is 12.8 Å². The first-order chi connectivity index (χ1) is 15.6. The number of carbonyl (C=O) groups excluding carboxylic acids is 1. The molecule has 3 aromatic rings. The minimum atomic E-state index is 0.0452. The number of amides is 1. The van der Waals surface area contributed by atoms with Gasteiger partial charge in [-0.1, -0.05) is 41.9 Å².